The van der Waals surface area contributed by atoms with Gasteiger partial charge in [-0.3, -0.25) is 9.36 Å². The van der Waals surface area contributed by atoms with E-state index in [-0.39, 0.29) is 24.3 Å². The van der Waals surface area contributed by atoms with Crippen molar-refractivity contribution in [3.05, 3.63) is 52.6 Å². The Morgan fingerprint density at radius 2 is 1.96 bits per heavy atom. The molecule has 0 fully saturated rings. The Morgan fingerprint density at radius 3 is 2.68 bits per heavy atom. The highest BCUT2D eigenvalue weighted by Crippen LogP contribution is 2.18. The van der Waals surface area contributed by atoms with Crippen molar-refractivity contribution >= 4 is 10.9 Å². The van der Waals surface area contributed by atoms with E-state index in [4.69, 9.17) is 0 Å². The van der Waals surface area contributed by atoms with Gasteiger partial charge < -0.3 is 0 Å². The van der Waals surface area contributed by atoms with Gasteiger partial charge in [-0.15, -0.1) is 0 Å². The van der Waals surface area contributed by atoms with E-state index in [1.165, 1.54) is 10.9 Å². The van der Waals surface area contributed by atoms with Gasteiger partial charge in [-0.2, -0.15) is 18.3 Å². The van der Waals surface area contributed by atoms with Crippen molar-refractivity contribution < 1.29 is 13.2 Å². The van der Waals surface area contributed by atoms with Crippen molar-refractivity contribution in [2.45, 2.75) is 39.0 Å². The van der Waals surface area contributed by atoms with Crippen molar-refractivity contribution in [3.63, 3.8) is 0 Å². The molecule has 0 atom stereocenters. The zero-order valence-electron chi connectivity index (χ0n) is 13.5. The molecule has 0 aliphatic heterocycles. The number of para-hydroxylation sites is 1. The quantitative estimate of drug-likeness (QED) is 0.708. The number of aromatic nitrogens is 5. The number of aryl methyl sites for hydroxylation is 3. The molecule has 0 aliphatic rings. The lowest BCUT2D eigenvalue weighted by atomic mass is 10.2. The first-order valence-electron chi connectivity index (χ1n) is 7.81. The van der Waals surface area contributed by atoms with Gasteiger partial charge in [-0.1, -0.05) is 19.1 Å². The minimum atomic E-state index is -4.38. The Hall–Kier alpha value is -2.71. The van der Waals surface area contributed by atoms with E-state index >= 15 is 0 Å². The number of nitrogens with zero attached hydrogens (tertiary/aromatic N) is 5. The predicted octanol–water partition coefficient (Wildman–Crippen LogP) is 2.36. The SMILES string of the molecule is CCc1nc(CCn2cnc3ccccc3c2=O)n(CC(F)(F)F)n1. The molecule has 3 aromatic rings. The second kappa shape index (κ2) is 6.66. The molecule has 0 amide bonds. The molecular formula is C16H16F3N5O. The first-order chi connectivity index (χ1) is 11.9. The molecule has 0 unspecified atom stereocenters. The van der Waals surface area contributed by atoms with E-state index in [0.29, 0.717) is 23.1 Å². The fourth-order valence-corrected chi connectivity index (χ4v) is 2.54. The second-order valence-corrected chi connectivity index (χ2v) is 5.58. The van der Waals surface area contributed by atoms with Gasteiger partial charge >= 0.3 is 6.18 Å². The normalized spacial score (nSPS) is 12.0. The van der Waals surface area contributed by atoms with Gasteiger partial charge in [0.15, 0.2) is 5.82 Å². The Bertz CT molecular complexity index is 945. The van der Waals surface area contributed by atoms with Crippen molar-refractivity contribution in [2.24, 2.45) is 0 Å². The first-order valence-corrected chi connectivity index (χ1v) is 7.81. The van der Waals surface area contributed by atoms with Crippen molar-refractivity contribution in [1.29, 1.82) is 0 Å². The molecule has 0 saturated heterocycles. The van der Waals surface area contributed by atoms with E-state index in [9.17, 15) is 18.0 Å². The Balaban J connectivity index is 1.85. The molecule has 2 aromatic heterocycles. The van der Waals surface area contributed by atoms with Crippen LogP contribution in [-0.2, 0) is 25.9 Å². The molecule has 6 nitrogen and oxygen atoms in total. The molecule has 25 heavy (non-hydrogen) atoms. The number of hydrogen-bond acceptors (Lipinski definition) is 4. The van der Waals surface area contributed by atoms with Gasteiger partial charge in [0.1, 0.15) is 12.4 Å². The molecule has 2 heterocycles. The van der Waals surface area contributed by atoms with Crippen LogP contribution < -0.4 is 5.56 Å². The van der Waals surface area contributed by atoms with Gasteiger partial charge in [0, 0.05) is 19.4 Å². The van der Waals surface area contributed by atoms with Crippen molar-refractivity contribution in [2.75, 3.05) is 0 Å². The highest BCUT2D eigenvalue weighted by molar-refractivity contribution is 5.76. The van der Waals surface area contributed by atoms with Crippen LogP contribution >= 0.6 is 0 Å². The van der Waals surface area contributed by atoms with E-state index in [1.54, 1.807) is 31.2 Å². The maximum absolute atomic E-state index is 12.7. The number of hydrogen-bond donors (Lipinski definition) is 0. The number of halogens is 3. The monoisotopic (exact) mass is 351 g/mol. The van der Waals surface area contributed by atoms with Crippen LogP contribution in [0.3, 0.4) is 0 Å². The summed E-state index contributed by atoms with van der Waals surface area (Å²) in [5, 5.41) is 4.35. The predicted molar refractivity (Wildman–Crippen MR) is 85.2 cm³/mol. The third kappa shape index (κ3) is 3.86. The third-order valence-corrected chi connectivity index (χ3v) is 3.75. The van der Waals surface area contributed by atoms with Crippen molar-refractivity contribution in [1.82, 2.24) is 24.3 Å². The highest BCUT2D eigenvalue weighted by atomic mass is 19.4. The zero-order valence-corrected chi connectivity index (χ0v) is 13.5. The maximum atomic E-state index is 12.7. The lowest BCUT2D eigenvalue weighted by molar-refractivity contribution is -0.143. The lowest BCUT2D eigenvalue weighted by Gasteiger charge is -2.10. The van der Waals surface area contributed by atoms with Crippen LogP contribution in [-0.4, -0.2) is 30.5 Å². The average molecular weight is 351 g/mol. The van der Waals surface area contributed by atoms with Gasteiger partial charge in [0.25, 0.3) is 5.56 Å². The third-order valence-electron chi connectivity index (χ3n) is 3.75. The lowest BCUT2D eigenvalue weighted by Crippen LogP contribution is -2.24. The molecule has 9 heteroatoms. The summed E-state index contributed by atoms with van der Waals surface area (Å²) in [5.74, 6) is 0.553. The molecular weight excluding hydrogens is 335 g/mol. The summed E-state index contributed by atoms with van der Waals surface area (Å²) in [4.78, 5) is 20.8. The Morgan fingerprint density at radius 1 is 1.20 bits per heavy atom. The molecule has 1 aromatic carbocycles. The highest BCUT2D eigenvalue weighted by Gasteiger charge is 2.30. The second-order valence-electron chi connectivity index (χ2n) is 5.58. The summed E-state index contributed by atoms with van der Waals surface area (Å²) >= 11 is 0. The van der Waals surface area contributed by atoms with E-state index < -0.39 is 12.7 Å². The van der Waals surface area contributed by atoms with Gasteiger partial charge in [0.05, 0.1) is 17.2 Å². The van der Waals surface area contributed by atoms with E-state index in [0.717, 1.165) is 4.68 Å². The van der Waals surface area contributed by atoms with Crippen LogP contribution in [0.4, 0.5) is 13.2 Å². The average Bonchev–Trinajstić information content (AvgIpc) is 2.94. The molecule has 132 valence electrons. The summed E-state index contributed by atoms with van der Waals surface area (Å²) in [7, 11) is 0. The summed E-state index contributed by atoms with van der Waals surface area (Å²) in [6.07, 6.45) is -2.39. The first kappa shape index (κ1) is 17.1. The summed E-state index contributed by atoms with van der Waals surface area (Å²) in [6.45, 7) is 0.755. The van der Waals surface area contributed by atoms with Gasteiger partial charge in [-0.25, -0.2) is 14.6 Å². The molecule has 3 rings (SSSR count). The smallest absolute Gasteiger partial charge is 0.298 e. The van der Waals surface area contributed by atoms with E-state index in [1.807, 2.05) is 0 Å². The molecule has 0 saturated carbocycles. The fourth-order valence-electron chi connectivity index (χ4n) is 2.54. The molecule has 0 bridgehead atoms. The maximum Gasteiger partial charge on any atom is 0.408 e. The number of benzene rings is 1. The summed E-state index contributed by atoms with van der Waals surface area (Å²) in [6, 6.07) is 6.92. The molecule has 0 aliphatic carbocycles. The zero-order chi connectivity index (χ0) is 18.0. The van der Waals surface area contributed by atoms with Crippen LogP contribution in [0.25, 0.3) is 10.9 Å². The van der Waals surface area contributed by atoms with Gasteiger partial charge in [-0.05, 0) is 12.1 Å². The molecule has 0 spiro atoms. The van der Waals surface area contributed by atoms with E-state index in [2.05, 4.69) is 15.1 Å². The summed E-state index contributed by atoms with van der Waals surface area (Å²) in [5.41, 5.74) is 0.348. The number of fused-ring (bicyclic) bond motifs is 1. The fraction of sp³-hybridized carbons (Fsp3) is 0.375. The topological polar surface area (TPSA) is 65.6 Å². The van der Waals surface area contributed by atoms with Crippen LogP contribution in [0.1, 0.15) is 18.6 Å². The summed E-state index contributed by atoms with van der Waals surface area (Å²) < 4.78 is 40.3. The van der Waals surface area contributed by atoms with Crippen LogP contribution in [0.2, 0.25) is 0 Å². The van der Waals surface area contributed by atoms with Gasteiger partial charge in [0.2, 0.25) is 0 Å². The largest absolute Gasteiger partial charge is 0.408 e. The molecule has 0 N–H and O–H groups in total. The standard InChI is InChI=1S/C16H16F3N5O/c1-2-13-21-14(24(22-13)9-16(17,18)19)7-8-23-10-20-12-6-4-3-5-11(12)15(23)25/h3-6,10H,2,7-9H2,1H3. The Labute approximate surface area is 140 Å². The van der Waals surface area contributed by atoms with Crippen LogP contribution in [0.5, 0.6) is 0 Å². The Kier molecular flexibility index (Phi) is 4.56. The van der Waals surface area contributed by atoms with Crippen molar-refractivity contribution in [3.8, 4) is 0 Å². The number of alkyl halides is 3. The van der Waals surface area contributed by atoms with Crippen LogP contribution in [0, 0.1) is 0 Å². The minimum absolute atomic E-state index is 0.156. The number of rotatable bonds is 5. The minimum Gasteiger partial charge on any atom is -0.298 e. The van der Waals surface area contributed by atoms with Crippen LogP contribution in [0.15, 0.2) is 35.4 Å². The molecule has 0 radical (unpaired) electrons.